The van der Waals surface area contributed by atoms with Crippen molar-refractivity contribution in [2.75, 3.05) is 26.2 Å². The molecule has 198 valence electrons. The van der Waals surface area contributed by atoms with E-state index in [-0.39, 0.29) is 18.2 Å². The summed E-state index contributed by atoms with van der Waals surface area (Å²) in [6, 6.07) is 18.2. The molecule has 0 radical (unpaired) electrons. The van der Waals surface area contributed by atoms with Crippen molar-refractivity contribution in [3.63, 3.8) is 0 Å². The number of likely N-dealkylation sites (tertiary alicyclic amines) is 1. The van der Waals surface area contributed by atoms with Crippen molar-refractivity contribution in [1.82, 2.24) is 9.80 Å². The zero-order chi connectivity index (χ0) is 26.4. The van der Waals surface area contributed by atoms with E-state index in [1.165, 1.54) is 5.56 Å². The van der Waals surface area contributed by atoms with Crippen LogP contribution in [0.4, 0.5) is 4.79 Å². The van der Waals surface area contributed by atoms with Crippen LogP contribution in [0.3, 0.4) is 0 Å². The highest BCUT2D eigenvalue weighted by Crippen LogP contribution is 2.46. The standard InChI is InChI=1S/C30H38N2O5/c1-30(2,3)37-29(35)32(27-21-26(27)23-7-5-4-6-8-23)24-15-17-31(18-16-24)19-20-36-25-12-9-22(10-13-25)11-14-28(33)34/h4-14,24,26-27H,15-21H2,1-3H3,(H,33,34)/b14-11+/t26-,27+/m0/s1. The van der Waals surface area contributed by atoms with Crippen LogP contribution in [0, 0.1) is 0 Å². The van der Waals surface area contributed by atoms with Crippen LogP contribution in [-0.2, 0) is 9.53 Å². The second-order valence-corrected chi connectivity index (χ2v) is 10.9. The third-order valence-electron chi connectivity index (χ3n) is 6.87. The second kappa shape index (κ2) is 11.8. The molecule has 1 aliphatic heterocycles. The van der Waals surface area contributed by atoms with Crippen molar-refractivity contribution in [1.29, 1.82) is 0 Å². The van der Waals surface area contributed by atoms with E-state index in [4.69, 9.17) is 14.6 Å². The first-order chi connectivity index (χ1) is 17.7. The third kappa shape index (κ3) is 7.83. The molecule has 1 N–H and O–H groups in total. The molecule has 2 aliphatic rings. The number of carboxylic acid groups (broad SMARTS) is 1. The maximum atomic E-state index is 13.3. The normalized spacial score (nSPS) is 20.5. The van der Waals surface area contributed by atoms with Crippen LogP contribution >= 0.6 is 0 Å². The minimum absolute atomic E-state index is 0.178. The van der Waals surface area contributed by atoms with Crippen LogP contribution < -0.4 is 4.74 Å². The van der Waals surface area contributed by atoms with Gasteiger partial charge in [-0.3, -0.25) is 4.90 Å². The molecule has 7 nitrogen and oxygen atoms in total. The SMILES string of the molecule is CC(C)(C)OC(=O)N(C1CCN(CCOc2ccc(/C=C/C(=O)O)cc2)CC1)[C@@H]1C[C@H]1c1ccccc1. The Bertz CT molecular complexity index is 1070. The molecule has 2 aromatic rings. The van der Waals surface area contributed by atoms with E-state index in [0.717, 1.165) is 56.3 Å². The number of rotatable bonds is 9. The van der Waals surface area contributed by atoms with Gasteiger partial charge < -0.3 is 19.5 Å². The molecule has 2 fully saturated rings. The fourth-order valence-electron chi connectivity index (χ4n) is 4.97. The minimum atomic E-state index is -0.966. The summed E-state index contributed by atoms with van der Waals surface area (Å²) in [6.07, 6.45) is 5.31. The van der Waals surface area contributed by atoms with Crippen LogP contribution in [0.2, 0.25) is 0 Å². The molecule has 1 aliphatic carbocycles. The zero-order valence-corrected chi connectivity index (χ0v) is 22.0. The molecule has 1 saturated carbocycles. The van der Waals surface area contributed by atoms with E-state index >= 15 is 0 Å². The second-order valence-electron chi connectivity index (χ2n) is 10.9. The van der Waals surface area contributed by atoms with Gasteiger partial charge in [-0.2, -0.15) is 0 Å². The summed E-state index contributed by atoms with van der Waals surface area (Å²) < 4.78 is 11.7. The Morgan fingerprint density at radius 2 is 1.73 bits per heavy atom. The number of benzene rings is 2. The molecule has 4 rings (SSSR count). The fourth-order valence-corrected chi connectivity index (χ4v) is 4.97. The van der Waals surface area contributed by atoms with Gasteiger partial charge in [-0.15, -0.1) is 0 Å². The Balaban J connectivity index is 1.28. The number of ether oxygens (including phenoxy) is 2. The van der Waals surface area contributed by atoms with Crippen molar-refractivity contribution >= 4 is 18.1 Å². The zero-order valence-electron chi connectivity index (χ0n) is 22.0. The van der Waals surface area contributed by atoms with Crippen LogP contribution in [0.15, 0.2) is 60.7 Å². The summed E-state index contributed by atoms with van der Waals surface area (Å²) >= 11 is 0. The summed E-state index contributed by atoms with van der Waals surface area (Å²) in [6.45, 7) is 8.98. The Morgan fingerprint density at radius 3 is 2.35 bits per heavy atom. The smallest absolute Gasteiger partial charge is 0.410 e. The van der Waals surface area contributed by atoms with Gasteiger partial charge in [-0.1, -0.05) is 42.5 Å². The summed E-state index contributed by atoms with van der Waals surface area (Å²) in [5.41, 5.74) is 1.59. The van der Waals surface area contributed by atoms with E-state index < -0.39 is 11.6 Å². The predicted molar refractivity (Wildman–Crippen MR) is 144 cm³/mol. The lowest BCUT2D eigenvalue weighted by Gasteiger charge is -2.39. The number of carbonyl (C=O) groups is 2. The summed E-state index contributed by atoms with van der Waals surface area (Å²) in [5.74, 6) is 0.178. The maximum Gasteiger partial charge on any atom is 0.410 e. The molecular weight excluding hydrogens is 468 g/mol. The van der Waals surface area contributed by atoms with Crippen molar-refractivity contribution < 1.29 is 24.2 Å². The lowest BCUT2D eigenvalue weighted by molar-refractivity contribution is -0.131. The van der Waals surface area contributed by atoms with Gasteiger partial charge in [0.1, 0.15) is 18.0 Å². The quantitative estimate of drug-likeness (QED) is 0.458. The number of piperidine rings is 1. The number of nitrogens with zero attached hydrogens (tertiary/aromatic N) is 2. The number of hydrogen-bond acceptors (Lipinski definition) is 5. The fraction of sp³-hybridized carbons (Fsp3) is 0.467. The van der Waals surface area contributed by atoms with Gasteiger partial charge in [0.05, 0.1) is 0 Å². The Hall–Kier alpha value is -3.32. The van der Waals surface area contributed by atoms with Crippen molar-refractivity contribution in [2.24, 2.45) is 0 Å². The van der Waals surface area contributed by atoms with E-state index in [2.05, 4.69) is 29.2 Å². The average molecular weight is 507 g/mol. The van der Waals surface area contributed by atoms with Gasteiger partial charge in [0, 0.05) is 43.7 Å². The first kappa shape index (κ1) is 26.7. The van der Waals surface area contributed by atoms with E-state index in [0.29, 0.717) is 12.5 Å². The molecule has 0 bridgehead atoms. The van der Waals surface area contributed by atoms with Gasteiger partial charge in [0.25, 0.3) is 0 Å². The molecule has 37 heavy (non-hydrogen) atoms. The van der Waals surface area contributed by atoms with Crippen LogP contribution in [0.5, 0.6) is 5.75 Å². The summed E-state index contributed by atoms with van der Waals surface area (Å²) in [4.78, 5) is 28.3. The molecular formula is C30H38N2O5. The number of amides is 1. The van der Waals surface area contributed by atoms with Crippen LogP contribution in [0.1, 0.15) is 57.1 Å². The minimum Gasteiger partial charge on any atom is -0.492 e. The van der Waals surface area contributed by atoms with E-state index in [1.807, 2.05) is 56.0 Å². The molecule has 7 heteroatoms. The lowest BCUT2D eigenvalue weighted by Crippen LogP contribution is -2.50. The number of aliphatic carboxylic acids is 1. The van der Waals surface area contributed by atoms with Gasteiger partial charge in [0.2, 0.25) is 0 Å². The average Bonchev–Trinajstić information content (AvgIpc) is 3.64. The predicted octanol–water partition coefficient (Wildman–Crippen LogP) is 5.42. The Labute approximate surface area is 219 Å². The Kier molecular flexibility index (Phi) is 8.54. The monoisotopic (exact) mass is 506 g/mol. The molecule has 0 aromatic heterocycles. The van der Waals surface area contributed by atoms with Crippen LogP contribution in [0.25, 0.3) is 6.08 Å². The van der Waals surface area contributed by atoms with Crippen LogP contribution in [-0.4, -0.2) is 70.9 Å². The van der Waals surface area contributed by atoms with Gasteiger partial charge in [-0.05, 0) is 69.4 Å². The molecule has 1 heterocycles. The molecule has 2 atom stereocenters. The topological polar surface area (TPSA) is 79.3 Å². The molecule has 0 spiro atoms. The van der Waals surface area contributed by atoms with E-state index in [1.54, 1.807) is 6.08 Å². The van der Waals surface area contributed by atoms with E-state index in [9.17, 15) is 9.59 Å². The summed E-state index contributed by atoms with van der Waals surface area (Å²) in [7, 11) is 0. The Morgan fingerprint density at radius 1 is 1.05 bits per heavy atom. The van der Waals surface area contributed by atoms with Crippen molar-refractivity contribution in [2.45, 2.75) is 63.6 Å². The molecule has 2 aromatic carbocycles. The highest BCUT2D eigenvalue weighted by atomic mass is 16.6. The highest BCUT2D eigenvalue weighted by molar-refractivity contribution is 5.85. The number of carbonyl (C=O) groups excluding carboxylic acids is 1. The highest BCUT2D eigenvalue weighted by Gasteiger charge is 2.48. The molecule has 0 unspecified atom stereocenters. The van der Waals surface area contributed by atoms with Gasteiger partial charge in [0.15, 0.2) is 0 Å². The number of hydrogen-bond donors (Lipinski definition) is 1. The maximum absolute atomic E-state index is 13.3. The lowest BCUT2D eigenvalue weighted by atomic mass is 10.0. The summed E-state index contributed by atoms with van der Waals surface area (Å²) in [5, 5.41) is 8.74. The van der Waals surface area contributed by atoms with Crippen molar-refractivity contribution in [3.05, 3.63) is 71.8 Å². The molecule has 1 amide bonds. The number of carboxylic acids is 1. The van der Waals surface area contributed by atoms with Crippen molar-refractivity contribution in [3.8, 4) is 5.75 Å². The first-order valence-corrected chi connectivity index (χ1v) is 13.1. The third-order valence-corrected chi connectivity index (χ3v) is 6.87. The first-order valence-electron chi connectivity index (χ1n) is 13.1. The molecule has 1 saturated heterocycles. The largest absolute Gasteiger partial charge is 0.492 e. The van der Waals surface area contributed by atoms with Gasteiger partial charge in [-0.25, -0.2) is 9.59 Å². The van der Waals surface area contributed by atoms with Gasteiger partial charge >= 0.3 is 12.1 Å².